The number of amides is 1. The van der Waals surface area contributed by atoms with E-state index in [9.17, 15) is 18.0 Å². The molecule has 0 aromatic carbocycles. The lowest BCUT2D eigenvalue weighted by molar-refractivity contribution is -0.175. The van der Waals surface area contributed by atoms with E-state index in [0.717, 1.165) is 32.1 Å². The summed E-state index contributed by atoms with van der Waals surface area (Å²) in [6.45, 7) is 4.83. The fourth-order valence-corrected chi connectivity index (χ4v) is 8.19. The molecule has 3 nitrogen and oxygen atoms in total. The molecule has 0 saturated heterocycles. The number of carbonyl (C=O) groups is 1. The van der Waals surface area contributed by atoms with Crippen LogP contribution in [0, 0.1) is 34.5 Å². The first kappa shape index (κ1) is 22.0. The minimum atomic E-state index is -4.80. The summed E-state index contributed by atoms with van der Waals surface area (Å²) in [7, 11) is 0. The van der Waals surface area contributed by atoms with E-state index in [2.05, 4.69) is 36.3 Å². The van der Waals surface area contributed by atoms with Gasteiger partial charge in [-0.3, -0.25) is 9.78 Å². The van der Waals surface area contributed by atoms with Crippen molar-refractivity contribution < 1.29 is 18.0 Å². The van der Waals surface area contributed by atoms with Crippen LogP contribution in [0.3, 0.4) is 0 Å². The van der Waals surface area contributed by atoms with Gasteiger partial charge in [0.25, 0.3) is 0 Å². The molecule has 3 saturated carbocycles. The second-order valence-corrected chi connectivity index (χ2v) is 11.2. The number of allylic oxidation sites excluding steroid dienone is 2. The van der Waals surface area contributed by atoms with Crippen molar-refractivity contribution in [2.75, 3.05) is 0 Å². The largest absolute Gasteiger partial charge is 0.471 e. The van der Waals surface area contributed by atoms with Crippen molar-refractivity contribution in [2.45, 2.75) is 77.4 Å². The second kappa shape index (κ2) is 7.59. The first-order valence-electron chi connectivity index (χ1n) is 12.1. The Morgan fingerprint density at radius 3 is 2.66 bits per heavy atom. The van der Waals surface area contributed by atoms with Gasteiger partial charge < -0.3 is 5.32 Å². The zero-order valence-corrected chi connectivity index (χ0v) is 18.9. The standard InChI is InChI=1S/C26H33F3N2O/c1-24-11-9-18(31-23(32)26(27,28)29)14-17(24)5-6-19-21-8-7-20(16-4-3-13-30-15-16)25(21,2)12-10-22(19)24/h3-4,7,13,15,17-19,21-22H,5-6,8-12,14H2,1-2H3,(H,31,32)/t17?,18-,19+,21+,22+,24+,25-/m1/s1. The Morgan fingerprint density at radius 2 is 1.94 bits per heavy atom. The number of pyridine rings is 1. The van der Waals surface area contributed by atoms with Crippen LogP contribution in [0.5, 0.6) is 0 Å². The molecule has 4 aliphatic rings. The number of nitrogens with zero attached hydrogens (tertiary/aromatic N) is 1. The minimum absolute atomic E-state index is 0.167. The average Bonchev–Trinajstić information content (AvgIpc) is 3.11. The number of hydrogen-bond acceptors (Lipinski definition) is 2. The normalized spacial score (nSPS) is 41.2. The third-order valence-electron chi connectivity index (χ3n) is 9.81. The van der Waals surface area contributed by atoms with Gasteiger partial charge in [0.05, 0.1) is 0 Å². The van der Waals surface area contributed by atoms with Crippen molar-refractivity contribution in [1.82, 2.24) is 10.3 Å². The van der Waals surface area contributed by atoms with Gasteiger partial charge in [0.1, 0.15) is 0 Å². The van der Waals surface area contributed by atoms with Gasteiger partial charge in [-0.2, -0.15) is 13.2 Å². The minimum Gasteiger partial charge on any atom is -0.346 e. The molecule has 5 rings (SSSR count). The molecule has 1 heterocycles. The van der Waals surface area contributed by atoms with Gasteiger partial charge in [-0.25, -0.2) is 0 Å². The SMILES string of the molecule is C[C@]12CC[C@@H](NC(=O)C(F)(F)F)CC1CC[C@@H]1[C@@H]2CC[C@]2(C)C(c3cccnc3)=CC[C@@H]12. The van der Waals surface area contributed by atoms with E-state index >= 15 is 0 Å². The highest BCUT2D eigenvalue weighted by molar-refractivity contribution is 5.82. The highest BCUT2D eigenvalue weighted by Gasteiger charge is 2.59. The van der Waals surface area contributed by atoms with Crippen molar-refractivity contribution in [3.8, 4) is 0 Å². The van der Waals surface area contributed by atoms with E-state index in [4.69, 9.17) is 0 Å². The smallest absolute Gasteiger partial charge is 0.346 e. The summed E-state index contributed by atoms with van der Waals surface area (Å²) in [6, 6.07) is 3.84. The van der Waals surface area contributed by atoms with Crippen LogP contribution < -0.4 is 5.32 Å². The number of rotatable bonds is 2. The second-order valence-electron chi connectivity index (χ2n) is 11.2. The number of hydrogen-bond donors (Lipinski definition) is 1. The van der Waals surface area contributed by atoms with Crippen LogP contribution in [0.2, 0.25) is 0 Å². The molecule has 0 bridgehead atoms. The molecule has 0 radical (unpaired) electrons. The van der Waals surface area contributed by atoms with E-state index in [1.54, 1.807) is 0 Å². The lowest BCUT2D eigenvalue weighted by Gasteiger charge is -2.61. The Morgan fingerprint density at radius 1 is 1.12 bits per heavy atom. The van der Waals surface area contributed by atoms with Gasteiger partial charge in [0.2, 0.25) is 0 Å². The zero-order valence-electron chi connectivity index (χ0n) is 18.9. The molecule has 7 atom stereocenters. The summed E-state index contributed by atoms with van der Waals surface area (Å²) in [5.41, 5.74) is 3.06. The molecule has 0 spiro atoms. The predicted octanol–water partition coefficient (Wildman–Crippen LogP) is 6.16. The van der Waals surface area contributed by atoms with E-state index in [-0.39, 0.29) is 16.9 Å². The highest BCUT2D eigenvalue weighted by atomic mass is 19.4. The number of fused-ring (bicyclic) bond motifs is 5. The molecule has 1 amide bonds. The Kier molecular flexibility index (Phi) is 5.21. The van der Waals surface area contributed by atoms with Gasteiger partial charge in [-0.1, -0.05) is 26.0 Å². The van der Waals surface area contributed by atoms with Gasteiger partial charge in [0.15, 0.2) is 0 Å². The monoisotopic (exact) mass is 446 g/mol. The van der Waals surface area contributed by atoms with Crippen LogP contribution in [0.15, 0.2) is 30.6 Å². The zero-order chi connectivity index (χ0) is 22.7. The molecule has 1 aromatic rings. The summed E-state index contributed by atoms with van der Waals surface area (Å²) < 4.78 is 38.2. The molecule has 1 unspecified atom stereocenters. The van der Waals surface area contributed by atoms with Crippen LogP contribution in [-0.2, 0) is 4.79 Å². The molecular formula is C26H33F3N2O. The van der Waals surface area contributed by atoms with E-state index < -0.39 is 12.1 Å². The molecule has 1 N–H and O–H groups in total. The quantitative estimate of drug-likeness (QED) is 0.591. The summed E-state index contributed by atoms with van der Waals surface area (Å²) >= 11 is 0. The molecular weight excluding hydrogens is 413 g/mol. The fourth-order valence-electron chi connectivity index (χ4n) is 8.19. The molecule has 174 valence electrons. The van der Waals surface area contributed by atoms with Crippen LogP contribution in [0.4, 0.5) is 13.2 Å². The molecule has 32 heavy (non-hydrogen) atoms. The lowest BCUT2D eigenvalue weighted by atomic mass is 9.44. The maximum absolute atomic E-state index is 12.7. The molecule has 4 aliphatic carbocycles. The number of carbonyl (C=O) groups excluding carboxylic acids is 1. The van der Waals surface area contributed by atoms with Crippen molar-refractivity contribution in [3.63, 3.8) is 0 Å². The van der Waals surface area contributed by atoms with Gasteiger partial charge in [-0.05, 0) is 103 Å². The van der Waals surface area contributed by atoms with E-state index in [1.165, 1.54) is 17.6 Å². The fraction of sp³-hybridized carbons (Fsp3) is 0.692. The first-order chi connectivity index (χ1) is 15.1. The Balaban J connectivity index is 1.32. The Hall–Kier alpha value is -1.85. The van der Waals surface area contributed by atoms with Gasteiger partial charge in [-0.15, -0.1) is 0 Å². The van der Waals surface area contributed by atoms with Crippen molar-refractivity contribution >= 4 is 11.5 Å². The maximum atomic E-state index is 12.7. The Bertz CT molecular complexity index is 913. The molecule has 0 aliphatic heterocycles. The van der Waals surface area contributed by atoms with Crippen LogP contribution in [0.1, 0.15) is 70.8 Å². The highest BCUT2D eigenvalue weighted by Crippen LogP contribution is 2.67. The first-order valence-corrected chi connectivity index (χ1v) is 12.1. The van der Waals surface area contributed by atoms with E-state index in [0.29, 0.717) is 36.5 Å². The molecule has 6 heteroatoms. The van der Waals surface area contributed by atoms with E-state index in [1.807, 2.05) is 18.5 Å². The van der Waals surface area contributed by atoms with Gasteiger partial charge in [0, 0.05) is 18.4 Å². The summed E-state index contributed by atoms with van der Waals surface area (Å²) in [5, 5.41) is 2.27. The number of aromatic nitrogens is 1. The molecule has 3 fully saturated rings. The maximum Gasteiger partial charge on any atom is 0.471 e. The summed E-state index contributed by atoms with van der Waals surface area (Å²) in [4.78, 5) is 15.8. The predicted molar refractivity (Wildman–Crippen MR) is 117 cm³/mol. The van der Waals surface area contributed by atoms with Crippen LogP contribution in [-0.4, -0.2) is 23.1 Å². The van der Waals surface area contributed by atoms with Crippen molar-refractivity contribution in [2.24, 2.45) is 34.5 Å². The third kappa shape index (κ3) is 3.40. The summed E-state index contributed by atoms with van der Waals surface area (Å²) in [5.74, 6) is 0.541. The average molecular weight is 447 g/mol. The molecule has 1 aromatic heterocycles. The number of halogens is 3. The van der Waals surface area contributed by atoms with Crippen LogP contribution >= 0.6 is 0 Å². The Labute approximate surface area is 188 Å². The summed E-state index contributed by atoms with van der Waals surface area (Å²) in [6.07, 6.45) is 9.38. The topological polar surface area (TPSA) is 42.0 Å². The number of nitrogens with one attached hydrogen (secondary N) is 1. The van der Waals surface area contributed by atoms with Crippen LogP contribution in [0.25, 0.3) is 5.57 Å². The lowest BCUT2D eigenvalue weighted by Crippen LogP contribution is -2.55. The van der Waals surface area contributed by atoms with Crippen molar-refractivity contribution in [1.29, 1.82) is 0 Å². The third-order valence-corrected chi connectivity index (χ3v) is 9.81. The van der Waals surface area contributed by atoms with Gasteiger partial charge >= 0.3 is 12.1 Å². The number of alkyl halides is 3. The van der Waals surface area contributed by atoms with Crippen molar-refractivity contribution in [3.05, 3.63) is 36.2 Å².